The number of fused-ring (bicyclic) bond motifs is 1. The van der Waals surface area contributed by atoms with Crippen molar-refractivity contribution >= 4 is 38.0 Å². The Labute approximate surface area is 176 Å². The van der Waals surface area contributed by atoms with Gasteiger partial charge in [0.1, 0.15) is 0 Å². The molecule has 5 rings (SSSR count). The lowest BCUT2D eigenvalue weighted by Crippen LogP contribution is -2.33. The van der Waals surface area contributed by atoms with Gasteiger partial charge in [0.05, 0.1) is 17.1 Å². The molecule has 0 atom stereocenters. The summed E-state index contributed by atoms with van der Waals surface area (Å²) in [7, 11) is -1.81. The summed E-state index contributed by atoms with van der Waals surface area (Å²) in [6, 6.07) is 18.8. The lowest BCUT2D eigenvalue weighted by Gasteiger charge is -2.24. The van der Waals surface area contributed by atoms with E-state index in [1.54, 1.807) is 24.3 Å². The Morgan fingerprint density at radius 1 is 0.967 bits per heavy atom. The van der Waals surface area contributed by atoms with E-state index in [-0.39, 0.29) is 22.6 Å². The molecule has 0 saturated heterocycles. The van der Waals surface area contributed by atoms with Gasteiger partial charge < -0.3 is 4.90 Å². The van der Waals surface area contributed by atoms with Crippen LogP contribution in [0.15, 0.2) is 77.3 Å². The maximum absolute atomic E-state index is 13.2. The van der Waals surface area contributed by atoms with Crippen molar-refractivity contribution in [2.75, 3.05) is 22.8 Å². The highest BCUT2D eigenvalue weighted by atomic mass is 32.2. The van der Waals surface area contributed by atoms with Gasteiger partial charge in [0.25, 0.3) is 10.0 Å². The molecule has 0 radical (unpaired) electrons. The molecule has 0 spiro atoms. The second-order valence-electron chi connectivity index (χ2n) is 8.34. The zero-order valence-corrected chi connectivity index (χ0v) is 17.9. The highest BCUT2D eigenvalue weighted by Gasteiger charge is 2.40. The number of para-hydroxylation sites is 1. The third kappa shape index (κ3) is 2.46. The summed E-state index contributed by atoms with van der Waals surface area (Å²) in [4.78, 5) is 15.4. The van der Waals surface area contributed by atoms with Crippen LogP contribution in [0.1, 0.15) is 19.4 Å². The average Bonchev–Trinajstić information content (AvgIpc) is 3.05. The number of carbonyl (C=O) groups is 1. The number of hydrogen-bond acceptors (Lipinski definition) is 4. The Balaban J connectivity index is 1.53. The summed E-state index contributed by atoms with van der Waals surface area (Å²) in [5, 5.41) is 1.54. The quantitative estimate of drug-likeness (QED) is 0.598. The number of benzene rings is 3. The fourth-order valence-electron chi connectivity index (χ4n) is 4.73. The molecular formula is C24H22N2O3S. The van der Waals surface area contributed by atoms with E-state index in [2.05, 4.69) is 19.9 Å². The van der Waals surface area contributed by atoms with Crippen molar-refractivity contribution in [1.82, 2.24) is 0 Å². The molecule has 0 aromatic heterocycles. The first kappa shape index (κ1) is 18.9. The van der Waals surface area contributed by atoms with Crippen LogP contribution in [0, 0.1) is 0 Å². The minimum Gasteiger partial charge on any atom is -0.347 e. The van der Waals surface area contributed by atoms with Crippen molar-refractivity contribution < 1.29 is 13.2 Å². The van der Waals surface area contributed by atoms with Gasteiger partial charge in [0.15, 0.2) is 5.78 Å². The summed E-state index contributed by atoms with van der Waals surface area (Å²) in [5.41, 5.74) is 3.30. The van der Waals surface area contributed by atoms with E-state index in [9.17, 15) is 13.2 Å². The fraction of sp³-hybridized carbons (Fsp3) is 0.208. The van der Waals surface area contributed by atoms with Crippen LogP contribution in [0.2, 0.25) is 0 Å². The number of anilines is 2. The zero-order chi connectivity index (χ0) is 21.3. The number of allylic oxidation sites excluding steroid dienone is 1. The topological polar surface area (TPSA) is 57.7 Å². The molecule has 6 heteroatoms. The van der Waals surface area contributed by atoms with E-state index in [4.69, 9.17) is 0 Å². The van der Waals surface area contributed by atoms with Crippen molar-refractivity contribution in [3.63, 3.8) is 0 Å². The largest absolute Gasteiger partial charge is 0.347 e. The average molecular weight is 419 g/mol. The van der Waals surface area contributed by atoms with E-state index >= 15 is 0 Å². The molecule has 2 aliphatic rings. The Morgan fingerprint density at radius 3 is 2.37 bits per heavy atom. The van der Waals surface area contributed by atoms with Crippen molar-refractivity contribution in [2.24, 2.45) is 0 Å². The van der Waals surface area contributed by atoms with E-state index in [0.717, 1.165) is 22.3 Å². The Kier molecular flexibility index (Phi) is 3.89. The van der Waals surface area contributed by atoms with E-state index < -0.39 is 10.0 Å². The summed E-state index contributed by atoms with van der Waals surface area (Å²) >= 11 is 0. The molecule has 0 unspecified atom stereocenters. The van der Waals surface area contributed by atoms with Crippen LogP contribution < -0.4 is 9.21 Å². The Morgan fingerprint density at radius 2 is 1.63 bits per heavy atom. The molecule has 0 amide bonds. The van der Waals surface area contributed by atoms with Crippen LogP contribution in [-0.2, 0) is 20.2 Å². The Bertz CT molecular complexity index is 1350. The SMILES string of the molecule is CN1C(=CC(=O)CN2c3cccc4cccc(c34)S2(=O)=O)C(C)(C)c2ccccc21. The third-order valence-electron chi connectivity index (χ3n) is 6.22. The molecular weight excluding hydrogens is 396 g/mol. The molecule has 0 fully saturated rings. The van der Waals surface area contributed by atoms with Crippen LogP contribution in [0.3, 0.4) is 0 Å². The van der Waals surface area contributed by atoms with Crippen LogP contribution in [0.5, 0.6) is 0 Å². The van der Waals surface area contributed by atoms with Crippen LogP contribution in [0.4, 0.5) is 11.4 Å². The van der Waals surface area contributed by atoms with E-state index in [1.807, 2.05) is 48.3 Å². The van der Waals surface area contributed by atoms with Crippen LogP contribution in [-0.4, -0.2) is 27.8 Å². The molecule has 3 aromatic rings. The van der Waals surface area contributed by atoms with Gasteiger partial charge in [0.2, 0.25) is 0 Å². The molecule has 5 nitrogen and oxygen atoms in total. The van der Waals surface area contributed by atoms with Gasteiger partial charge in [0, 0.05) is 35.3 Å². The number of sulfonamides is 1. The maximum Gasteiger partial charge on any atom is 0.265 e. The highest BCUT2D eigenvalue weighted by Crippen LogP contribution is 2.47. The standard InChI is InChI=1S/C24H22N2O3S/c1-24(2)18-10-4-5-11-19(18)25(3)22(24)14-17(27)15-26-20-12-6-8-16-9-7-13-21(23(16)20)30(26,28)29/h4-14H,15H2,1-3H3. The highest BCUT2D eigenvalue weighted by molar-refractivity contribution is 7.93. The number of carbonyl (C=O) groups excluding carboxylic acids is 1. The van der Waals surface area contributed by atoms with Gasteiger partial charge in [-0.25, -0.2) is 8.42 Å². The van der Waals surface area contributed by atoms with Crippen molar-refractivity contribution in [2.45, 2.75) is 24.2 Å². The first-order valence-corrected chi connectivity index (χ1v) is 11.3. The van der Waals surface area contributed by atoms with E-state index in [0.29, 0.717) is 11.1 Å². The molecule has 30 heavy (non-hydrogen) atoms. The third-order valence-corrected chi connectivity index (χ3v) is 8.02. The van der Waals surface area contributed by atoms with Crippen LogP contribution in [0.25, 0.3) is 10.8 Å². The van der Waals surface area contributed by atoms with Gasteiger partial charge in [-0.05, 0) is 29.1 Å². The second-order valence-corrected chi connectivity index (χ2v) is 10.2. The normalized spacial score (nSPS) is 19.5. The van der Waals surface area contributed by atoms with Gasteiger partial charge in [-0.2, -0.15) is 0 Å². The number of ketones is 1. The van der Waals surface area contributed by atoms with E-state index in [1.165, 1.54) is 4.31 Å². The molecule has 0 N–H and O–H groups in total. The summed E-state index contributed by atoms with van der Waals surface area (Å²) < 4.78 is 27.5. The summed E-state index contributed by atoms with van der Waals surface area (Å²) in [6.07, 6.45) is 1.60. The van der Waals surface area contributed by atoms with Crippen molar-refractivity contribution in [3.05, 3.63) is 78.0 Å². The Hall–Kier alpha value is -3.12. The first-order chi connectivity index (χ1) is 14.2. The molecule has 152 valence electrons. The number of nitrogens with zero attached hydrogens (tertiary/aromatic N) is 2. The maximum atomic E-state index is 13.2. The predicted molar refractivity (Wildman–Crippen MR) is 119 cm³/mol. The molecule has 0 bridgehead atoms. The van der Waals surface area contributed by atoms with Crippen molar-refractivity contribution in [1.29, 1.82) is 0 Å². The minimum absolute atomic E-state index is 0.222. The zero-order valence-electron chi connectivity index (χ0n) is 17.1. The van der Waals surface area contributed by atoms with Gasteiger partial charge in [-0.3, -0.25) is 9.10 Å². The number of likely N-dealkylation sites (N-methyl/N-ethyl adjacent to an activating group) is 1. The minimum atomic E-state index is -3.75. The molecule has 0 aliphatic carbocycles. The molecule has 3 aromatic carbocycles. The summed E-state index contributed by atoms with van der Waals surface area (Å²) in [5.74, 6) is -0.244. The molecule has 2 heterocycles. The van der Waals surface area contributed by atoms with Gasteiger partial charge in [-0.15, -0.1) is 0 Å². The lowest BCUT2D eigenvalue weighted by atomic mass is 9.83. The first-order valence-electron chi connectivity index (χ1n) is 9.85. The monoisotopic (exact) mass is 418 g/mol. The fourth-order valence-corrected chi connectivity index (χ4v) is 6.40. The number of rotatable bonds is 3. The van der Waals surface area contributed by atoms with Gasteiger partial charge >= 0.3 is 0 Å². The van der Waals surface area contributed by atoms with Crippen molar-refractivity contribution in [3.8, 4) is 0 Å². The molecule has 0 saturated carbocycles. The lowest BCUT2D eigenvalue weighted by molar-refractivity contribution is -0.113. The number of hydrogen-bond donors (Lipinski definition) is 0. The van der Waals surface area contributed by atoms with Crippen LogP contribution >= 0.6 is 0 Å². The molecule has 2 aliphatic heterocycles. The van der Waals surface area contributed by atoms with Gasteiger partial charge in [-0.1, -0.05) is 56.3 Å². The smallest absolute Gasteiger partial charge is 0.265 e. The summed E-state index contributed by atoms with van der Waals surface area (Å²) in [6.45, 7) is 3.94. The second kappa shape index (κ2) is 6.19. The predicted octanol–water partition coefficient (Wildman–Crippen LogP) is 4.23.